The summed E-state index contributed by atoms with van der Waals surface area (Å²) in [6.45, 7) is 5.13. The molecule has 1 unspecified atom stereocenters. The van der Waals surface area contributed by atoms with Crippen LogP contribution in [0, 0.1) is 0 Å². The van der Waals surface area contributed by atoms with Gasteiger partial charge in [0.2, 0.25) is 0 Å². The predicted octanol–water partition coefficient (Wildman–Crippen LogP) is 2.36. The Hall–Kier alpha value is -0.390. The number of nitrogens with zero attached hydrogens (tertiary/aromatic N) is 2. The first-order chi connectivity index (χ1) is 7.24. The predicted molar refractivity (Wildman–Crippen MR) is 65.2 cm³/mol. The first-order valence-corrected chi connectivity index (χ1v) is 6.21. The molecule has 1 aromatic rings. The Balaban J connectivity index is 2.84. The van der Waals surface area contributed by atoms with Crippen molar-refractivity contribution >= 4 is 15.9 Å². The Morgan fingerprint density at radius 1 is 1.60 bits per heavy atom. The van der Waals surface area contributed by atoms with E-state index in [2.05, 4.69) is 40.3 Å². The van der Waals surface area contributed by atoms with Gasteiger partial charge in [0.15, 0.2) is 0 Å². The van der Waals surface area contributed by atoms with Gasteiger partial charge in [0, 0.05) is 6.54 Å². The second-order valence-electron chi connectivity index (χ2n) is 3.55. The molecule has 1 rings (SSSR count). The van der Waals surface area contributed by atoms with Crippen molar-refractivity contribution in [1.29, 1.82) is 0 Å². The molecule has 0 saturated carbocycles. The van der Waals surface area contributed by atoms with Crippen molar-refractivity contribution in [3.63, 3.8) is 0 Å². The van der Waals surface area contributed by atoms with Gasteiger partial charge in [0.1, 0.15) is 0 Å². The Bertz CT molecular complexity index is 298. The maximum Gasteiger partial charge on any atom is 0.0709 e. The normalized spacial score (nSPS) is 13.1. The van der Waals surface area contributed by atoms with Crippen LogP contribution in [-0.2, 0) is 6.54 Å². The number of nitrogens with one attached hydrogen (secondary N) is 1. The van der Waals surface area contributed by atoms with Crippen molar-refractivity contribution in [2.75, 3.05) is 0 Å². The summed E-state index contributed by atoms with van der Waals surface area (Å²) in [5, 5.41) is 4.29. The van der Waals surface area contributed by atoms with Crippen LogP contribution >= 0.6 is 15.9 Å². The standard InChI is InChI=1S/C10H19BrN4/c1-3-5-6-9(14-12)10-8(11)7-13-15(10)4-2/h7,9,14H,3-6,12H2,1-2H3. The molecule has 0 aliphatic rings. The quantitative estimate of drug-likeness (QED) is 0.619. The van der Waals surface area contributed by atoms with E-state index in [0.717, 1.165) is 29.6 Å². The summed E-state index contributed by atoms with van der Waals surface area (Å²) in [6.07, 6.45) is 5.21. The highest BCUT2D eigenvalue weighted by Gasteiger charge is 2.17. The third-order valence-electron chi connectivity index (χ3n) is 2.51. The lowest BCUT2D eigenvalue weighted by molar-refractivity contribution is 0.451. The van der Waals surface area contributed by atoms with Gasteiger partial charge in [-0.1, -0.05) is 19.8 Å². The third-order valence-corrected chi connectivity index (χ3v) is 3.12. The molecule has 1 atom stereocenters. The van der Waals surface area contributed by atoms with Gasteiger partial charge >= 0.3 is 0 Å². The van der Waals surface area contributed by atoms with E-state index in [1.165, 1.54) is 6.42 Å². The molecule has 5 heteroatoms. The zero-order chi connectivity index (χ0) is 11.3. The van der Waals surface area contributed by atoms with E-state index in [1.54, 1.807) is 0 Å². The highest BCUT2D eigenvalue weighted by Crippen LogP contribution is 2.26. The van der Waals surface area contributed by atoms with Crippen molar-refractivity contribution in [3.8, 4) is 0 Å². The monoisotopic (exact) mass is 274 g/mol. The molecule has 0 aromatic carbocycles. The number of nitrogens with two attached hydrogens (primary N) is 1. The Morgan fingerprint density at radius 2 is 2.33 bits per heavy atom. The molecule has 1 heterocycles. The zero-order valence-corrected chi connectivity index (χ0v) is 10.9. The molecule has 0 spiro atoms. The summed E-state index contributed by atoms with van der Waals surface area (Å²) in [7, 11) is 0. The molecular weight excluding hydrogens is 256 g/mol. The van der Waals surface area contributed by atoms with Crippen LogP contribution < -0.4 is 11.3 Å². The minimum atomic E-state index is 0.182. The molecule has 0 amide bonds. The molecule has 1 aromatic heterocycles. The van der Waals surface area contributed by atoms with Crippen LogP contribution in [0.15, 0.2) is 10.7 Å². The summed E-state index contributed by atoms with van der Waals surface area (Å²) < 4.78 is 3.01. The van der Waals surface area contributed by atoms with Crippen LogP contribution in [0.4, 0.5) is 0 Å². The number of aromatic nitrogens is 2. The fourth-order valence-corrected chi connectivity index (χ4v) is 2.25. The molecule has 0 saturated heterocycles. The second kappa shape index (κ2) is 6.25. The van der Waals surface area contributed by atoms with Crippen LogP contribution in [0.5, 0.6) is 0 Å². The van der Waals surface area contributed by atoms with E-state index in [0.29, 0.717) is 0 Å². The highest BCUT2D eigenvalue weighted by atomic mass is 79.9. The first-order valence-electron chi connectivity index (χ1n) is 5.41. The van der Waals surface area contributed by atoms with E-state index in [9.17, 15) is 0 Å². The molecular formula is C10H19BrN4. The Labute approximate surface area is 99.3 Å². The molecule has 0 aliphatic carbocycles. The van der Waals surface area contributed by atoms with Gasteiger partial charge in [-0.3, -0.25) is 16.0 Å². The third kappa shape index (κ3) is 3.03. The van der Waals surface area contributed by atoms with Crippen LogP contribution in [-0.4, -0.2) is 9.78 Å². The smallest absolute Gasteiger partial charge is 0.0709 e. The summed E-state index contributed by atoms with van der Waals surface area (Å²) in [5.74, 6) is 5.59. The van der Waals surface area contributed by atoms with Crippen molar-refractivity contribution < 1.29 is 0 Å². The van der Waals surface area contributed by atoms with Gasteiger partial charge in [-0.05, 0) is 29.3 Å². The average Bonchev–Trinajstić information content (AvgIpc) is 2.62. The zero-order valence-electron chi connectivity index (χ0n) is 9.33. The van der Waals surface area contributed by atoms with Crippen molar-refractivity contribution in [1.82, 2.24) is 15.2 Å². The number of unbranched alkanes of at least 4 members (excludes halogenated alkanes) is 1. The largest absolute Gasteiger partial charge is 0.271 e. The lowest BCUT2D eigenvalue weighted by Crippen LogP contribution is -2.30. The fraction of sp³-hybridized carbons (Fsp3) is 0.700. The number of hydrazine groups is 1. The number of aryl methyl sites for hydroxylation is 1. The number of hydrogen-bond acceptors (Lipinski definition) is 3. The second-order valence-corrected chi connectivity index (χ2v) is 4.41. The summed E-state index contributed by atoms with van der Waals surface area (Å²) in [6, 6.07) is 0.182. The van der Waals surface area contributed by atoms with E-state index >= 15 is 0 Å². The lowest BCUT2D eigenvalue weighted by Gasteiger charge is -2.17. The molecule has 4 nitrogen and oxygen atoms in total. The van der Waals surface area contributed by atoms with Gasteiger partial charge in [-0.25, -0.2) is 0 Å². The molecule has 15 heavy (non-hydrogen) atoms. The van der Waals surface area contributed by atoms with Gasteiger partial charge < -0.3 is 0 Å². The van der Waals surface area contributed by atoms with Crippen LogP contribution in [0.3, 0.4) is 0 Å². The van der Waals surface area contributed by atoms with Crippen molar-refractivity contribution in [2.45, 2.75) is 45.7 Å². The van der Waals surface area contributed by atoms with E-state index in [1.807, 2.05) is 10.9 Å². The lowest BCUT2D eigenvalue weighted by atomic mass is 10.1. The molecule has 0 radical (unpaired) electrons. The molecule has 3 N–H and O–H groups in total. The maximum absolute atomic E-state index is 5.59. The van der Waals surface area contributed by atoms with Gasteiger partial charge in [-0.15, -0.1) is 0 Å². The SMILES string of the molecule is CCCCC(NN)c1c(Br)cnn1CC. The van der Waals surface area contributed by atoms with Gasteiger partial charge in [0.25, 0.3) is 0 Å². The van der Waals surface area contributed by atoms with E-state index in [-0.39, 0.29) is 6.04 Å². The van der Waals surface area contributed by atoms with Crippen LogP contribution in [0.1, 0.15) is 44.8 Å². The van der Waals surface area contributed by atoms with E-state index in [4.69, 9.17) is 5.84 Å². The Morgan fingerprint density at radius 3 is 2.87 bits per heavy atom. The summed E-state index contributed by atoms with van der Waals surface area (Å²) >= 11 is 3.51. The molecule has 86 valence electrons. The number of halogens is 1. The molecule has 0 fully saturated rings. The number of hydrogen-bond donors (Lipinski definition) is 2. The van der Waals surface area contributed by atoms with Gasteiger partial charge in [0.05, 0.1) is 22.4 Å². The van der Waals surface area contributed by atoms with E-state index < -0.39 is 0 Å². The highest BCUT2D eigenvalue weighted by molar-refractivity contribution is 9.10. The summed E-state index contributed by atoms with van der Waals surface area (Å²) in [5.41, 5.74) is 4.01. The minimum absolute atomic E-state index is 0.182. The minimum Gasteiger partial charge on any atom is -0.271 e. The maximum atomic E-state index is 5.59. The van der Waals surface area contributed by atoms with Crippen molar-refractivity contribution in [2.24, 2.45) is 5.84 Å². The first kappa shape index (κ1) is 12.7. The Kier molecular flexibility index (Phi) is 5.28. The molecule has 0 aliphatic heterocycles. The summed E-state index contributed by atoms with van der Waals surface area (Å²) in [4.78, 5) is 0. The van der Waals surface area contributed by atoms with Gasteiger partial charge in [-0.2, -0.15) is 5.10 Å². The van der Waals surface area contributed by atoms with Crippen molar-refractivity contribution in [3.05, 3.63) is 16.4 Å². The topological polar surface area (TPSA) is 55.9 Å². The van der Waals surface area contributed by atoms with Crippen LogP contribution in [0.2, 0.25) is 0 Å². The van der Waals surface area contributed by atoms with Crippen LogP contribution in [0.25, 0.3) is 0 Å². The number of rotatable bonds is 6. The fourth-order valence-electron chi connectivity index (χ4n) is 1.68. The molecule has 0 bridgehead atoms. The average molecular weight is 275 g/mol.